The van der Waals surface area contributed by atoms with Crippen molar-refractivity contribution in [2.75, 3.05) is 19.7 Å². The van der Waals surface area contributed by atoms with Gasteiger partial charge in [0.05, 0.1) is 11.6 Å². The predicted molar refractivity (Wildman–Crippen MR) is 84.4 cm³/mol. The number of aryl methyl sites for hydroxylation is 1. The number of fused-ring (bicyclic) bond motifs is 1. The van der Waals surface area contributed by atoms with E-state index in [0.717, 1.165) is 21.4 Å². The average molecular weight is 325 g/mol. The molecule has 3 heterocycles. The molecule has 1 aromatic heterocycles. The van der Waals surface area contributed by atoms with E-state index in [1.807, 2.05) is 25.1 Å². The maximum atomic E-state index is 12.6. The number of aromatic nitrogens is 1. The van der Waals surface area contributed by atoms with Gasteiger partial charge in [-0.25, -0.2) is 9.69 Å². The Morgan fingerprint density at radius 2 is 2.04 bits per heavy atom. The molecule has 4 rings (SSSR count). The van der Waals surface area contributed by atoms with E-state index >= 15 is 0 Å². The third-order valence-corrected chi connectivity index (χ3v) is 4.51. The van der Waals surface area contributed by atoms with Gasteiger partial charge >= 0.3 is 6.09 Å². The molecule has 0 N–H and O–H groups in total. The molecule has 2 fully saturated rings. The van der Waals surface area contributed by atoms with Crippen molar-refractivity contribution in [1.29, 1.82) is 0 Å². The lowest BCUT2D eigenvalue weighted by atomic mass is 10.0. The second-order valence-electron chi connectivity index (χ2n) is 6.04. The SMILES string of the molecule is Cc1ccnc2ccc(C(=O)N3CC(N4C(=O)COC4=O)C3)cc12. The molecule has 1 aromatic carbocycles. The molecule has 0 radical (unpaired) electrons. The molecule has 122 valence electrons. The van der Waals surface area contributed by atoms with E-state index in [1.165, 1.54) is 0 Å². The molecular formula is C17H15N3O4. The lowest BCUT2D eigenvalue weighted by Crippen LogP contribution is -2.62. The molecule has 2 saturated heterocycles. The molecule has 0 saturated carbocycles. The standard InChI is InChI=1S/C17H15N3O4/c1-10-4-5-18-14-3-2-11(6-13(10)14)16(22)19-7-12(8-19)20-15(21)9-24-17(20)23/h2-6,12H,7-9H2,1H3. The summed E-state index contributed by atoms with van der Waals surface area (Å²) in [5.41, 5.74) is 2.48. The number of ether oxygens (including phenoxy) is 1. The smallest absolute Gasteiger partial charge is 0.417 e. The molecule has 0 bridgehead atoms. The third-order valence-electron chi connectivity index (χ3n) is 4.51. The summed E-state index contributed by atoms with van der Waals surface area (Å²) in [7, 11) is 0. The Morgan fingerprint density at radius 3 is 2.75 bits per heavy atom. The minimum atomic E-state index is -0.621. The average Bonchev–Trinajstić information content (AvgIpc) is 2.86. The molecule has 0 atom stereocenters. The van der Waals surface area contributed by atoms with Crippen molar-refractivity contribution in [3.8, 4) is 0 Å². The lowest BCUT2D eigenvalue weighted by Gasteiger charge is -2.42. The van der Waals surface area contributed by atoms with Crippen LogP contribution < -0.4 is 0 Å². The van der Waals surface area contributed by atoms with E-state index in [2.05, 4.69) is 4.98 Å². The van der Waals surface area contributed by atoms with E-state index in [-0.39, 0.29) is 24.5 Å². The van der Waals surface area contributed by atoms with Crippen LogP contribution in [-0.2, 0) is 9.53 Å². The Hall–Kier alpha value is -2.96. The van der Waals surface area contributed by atoms with Gasteiger partial charge in [0.1, 0.15) is 0 Å². The molecule has 2 aliphatic heterocycles. The molecule has 7 nitrogen and oxygen atoms in total. The van der Waals surface area contributed by atoms with Gasteiger partial charge in [0, 0.05) is 30.2 Å². The van der Waals surface area contributed by atoms with Crippen LogP contribution >= 0.6 is 0 Å². The number of nitrogens with zero attached hydrogens (tertiary/aromatic N) is 3. The molecule has 3 amide bonds. The van der Waals surface area contributed by atoms with E-state index in [1.54, 1.807) is 17.2 Å². The highest BCUT2D eigenvalue weighted by Crippen LogP contribution is 2.24. The lowest BCUT2D eigenvalue weighted by molar-refractivity contribution is -0.129. The number of cyclic esters (lactones) is 1. The maximum Gasteiger partial charge on any atom is 0.417 e. The summed E-state index contributed by atoms with van der Waals surface area (Å²) >= 11 is 0. The Bertz CT molecular complexity index is 857. The van der Waals surface area contributed by atoms with Crippen LogP contribution in [-0.4, -0.2) is 58.4 Å². The highest BCUT2D eigenvalue weighted by Gasteiger charge is 2.44. The van der Waals surface area contributed by atoms with Gasteiger partial charge in [0.25, 0.3) is 11.8 Å². The number of hydrogen-bond donors (Lipinski definition) is 0. The zero-order chi connectivity index (χ0) is 16.8. The number of benzene rings is 1. The Morgan fingerprint density at radius 1 is 1.25 bits per heavy atom. The second-order valence-corrected chi connectivity index (χ2v) is 6.04. The quantitative estimate of drug-likeness (QED) is 0.832. The fraction of sp³-hybridized carbons (Fsp3) is 0.294. The number of amides is 3. The van der Waals surface area contributed by atoms with Crippen molar-refractivity contribution >= 4 is 28.8 Å². The first kappa shape index (κ1) is 14.6. The van der Waals surface area contributed by atoms with Crippen molar-refractivity contribution in [2.45, 2.75) is 13.0 Å². The normalized spacial score (nSPS) is 18.0. The van der Waals surface area contributed by atoms with Crippen molar-refractivity contribution in [3.05, 3.63) is 41.6 Å². The molecule has 2 aromatic rings. The van der Waals surface area contributed by atoms with Crippen LogP contribution in [0.15, 0.2) is 30.5 Å². The number of rotatable bonds is 2. The van der Waals surface area contributed by atoms with E-state index in [9.17, 15) is 14.4 Å². The van der Waals surface area contributed by atoms with Gasteiger partial charge < -0.3 is 9.64 Å². The van der Waals surface area contributed by atoms with Gasteiger partial charge in [-0.1, -0.05) is 0 Å². The maximum absolute atomic E-state index is 12.6. The van der Waals surface area contributed by atoms with Crippen LogP contribution in [0.5, 0.6) is 0 Å². The number of pyridine rings is 1. The van der Waals surface area contributed by atoms with Gasteiger partial charge in [-0.2, -0.15) is 0 Å². The summed E-state index contributed by atoms with van der Waals surface area (Å²) in [5.74, 6) is -0.457. The highest BCUT2D eigenvalue weighted by molar-refractivity contribution is 6.00. The topological polar surface area (TPSA) is 79.8 Å². The van der Waals surface area contributed by atoms with Gasteiger partial charge in [-0.05, 0) is 36.8 Å². The van der Waals surface area contributed by atoms with Crippen molar-refractivity contribution in [2.24, 2.45) is 0 Å². The van der Waals surface area contributed by atoms with Gasteiger partial charge in [-0.3, -0.25) is 14.6 Å². The first-order valence-corrected chi connectivity index (χ1v) is 7.68. The monoisotopic (exact) mass is 325 g/mol. The molecule has 0 unspecified atom stereocenters. The third kappa shape index (κ3) is 2.20. The van der Waals surface area contributed by atoms with E-state index < -0.39 is 6.09 Å². The molecule has 0 aliphatic carbocycles. The first-order chi connectivity index (χ1) is 11.5. The van der Waals surface area contributed by atoms with Crippen LogP contribution in [0.2, 0.25) is 0 Å². The number of hydrogen-bond acceptors (Lipinski definition) is 5. The number of carbonyl (C=O) groups excluding carboxylic acids is 3. The Kier molecular flexibility index (Phi) is 3.23. The Labute approximate surface area is 137 Å². The highest BCUT2D eigenvalue weighted by atomic mass is 16.6. The summed E-state index contributed by atoms with van der Waals surface area (Å²) in [5, 5.41) is 0.943. The van der Waals surface area contributed by atoms with E-state index in [4.69, 9.17) is 4.74 Å². The minimum Gasteiger partial charge on any atom is -0.439 e. The van der Waals surface area contributed by atoms with Gasteiger partial charge in [0.2, 0.25) is 0 Å². The second kappa shape index (κ2) is 5.30. The Balaban J connectivity index is 1.51. The molecule has 7 heteroatoms. The minimum absolute atomic E-state index is 0.114. The van der Waals surface area contributed by atoms with Crippen LogP contribution in [0.4, 0.5) is 4.79 Å². The zero-order valence-corrected chi connectivity index (χ0v) is 13.1. The summed E-state index contributed by atoms with van der Waals surface area (Å²) in [6.45, 7) is 2.44. The van der Waals surface area contributed by atoms with E-state index in [0.29, 0.717) is 18.7 Å². The van der Waals surface area contributed by atoms with Crippen LogP contribution in [0, 0.1) is 6.92 Å². The summed E-state index contributed by atoms with van der Waals surface area (Å²) in [6.07, 6.45) is 1.12. The van der Waals surface area contributed by atoms with Gasteiger partial charge in [0.15, 0.2) is 6.61 Å². The molecule has 2 aliphatic rings. The van der Waals surface area contributed by atoms with Crippen LogP contribution in [0.25, 0.3) is 10.9 Å². The first-order valence-electron chi connectivity index (χ1n) is 7.68. The largest absolute Gasteiger partial charge is 0.439 e. The number of carbonyl (C=O) groups is 3. The van der Waals surface area contributed by atoms with Crippen molar-refractivity contribution < 1.29 is 19.1 Å². The fourth-order valence-electron chi connectivity index (χ4n) is 3.10. The van der Waals surface area contributed by atoms with Crippen molar-refractivity contribution in [1.82, 2.24) is 14.8 Å². The summed E-state index contributed by atoms with van der Waals surface area (Å²) in [4.78, 5) is 42.7. The van der Waals surface area contributed by atoms with Crippen molar-refractivity contribution in [3.63, 3.8) is 0 Å². The number of imide groups is 1. The fourth-order valence-corrected chi connectivity index (χ4v) is 3.10. The molecule has 0 spiro atoms. The summed E-state index contributed by atoms with van der Waals surface area (Å²) in [6, 6.07) is 7.03. The molecule has 24 heavy (non-hydrogen) atoms. The van der Waals surface area contributed by atoms with Gasteiger partial charge in [-0.15, -0.1) is 0 Å². The molecular weight excluding hydrogens is 310 g/mol. The predicted octanol–water partition coefficient (Wildman–Crippen LogP) is 1.35. The zero-order valence-electron chi connectivity index (χ0n) is 13.1. The summed E-state index contributed by atoms with van der Waals surface area (Å²) < 4.78 is 4.70. The number of likely N-dealkylation sites (tertiary alicyclic amines) is 1. The van der Waals surface area contributed by atoms with Crippen LogP contribution in [0.1, 0.15) is 15.9 Å². The van der Waals surface area contributed by atoms with Crippen LogP contribution in [0.3, 0.4) is 0 Å².